The Bertz CT molecular complexity index is 851. The van der Waals surface area contributed by atoms with E-state index in [9.17, 15) is 9.18 Å². The Morgan fingerprint density at radius 2 is 1.89 bits per heavy atom. The maximum Gasteiger partial charge on any atom is 0.241 e. The molecule has 2 aromatic carbocycles. The van der Waals surface area contributed by atoms with Gasteiger partial charge in [0.1, 0.15) is 5.82 Å². The van der Waals surface area contributed by atoms with Gasteiger partial charge in [-0.25, -0.2) is 4.39 Å². The molecule has 0 unspecified atom stereocenters. The first-order valence-corrected chi connectivity index (χ1v) is 8.82. The number of anilines is 1. The van der Waals surface area contributed by atoms with Gasteiger partial charge in [0.2, 0.25) is 5.91 Å². The Balaban J connectivity index is 2.15. The van der Waals surface area contributed by atoms with E-state index < -0.39 is 5.82 Å². The molecule has 0 aliphatic rings. The number of para-hydroxylation sites is 2. The third kappa shape index (κ3) is 5.21. The average Bonchev–Trinajstić information content (AvgIpc) is 2.69. The second kappa shape index (κ2) is 10.3. The predicted octanol–water partition coefficient (Wildman–Crippen LogP) is 3.22. The van der Waals surface area contributed by atoms with Gasteiger partial charge in [0, 0.05) is 18.7 Å². The molecule has 0 aliphatic carbocycles. The topological polar surface area (TPSA) is 65.8 Å². The van der Waals surface area contributed by atoms with Crippen molar-refractivity contribution in [3.05, 3.63) is 53.8 Å². The van der Waals surface area contributed by atoms with E-state index in [4.69, 9.17) is 14.7 Å². The molecule has 0 bridgehead atoms. The van der Waals surface area contributed by atoms with Crippen molar-refractivity contribution in [3.8, 4) is 17.6 Å². The van der Waals surface area contributed by atoms with Crippen LogP contribution < -0.4 is 14.4 Å². The van der Waals surface area contributed by atoms with Crippen molar-refractivity contribution in [2.45, 2.75) is 13.0 Å². The number of nitrogens with zero attached hydrogens (tertiary/aromatic N) is 3. The Morgan fingerprint density at radius 1 is 1.14 bits per heavy atom. The molecule has 0 aromatic heterocycles. The van der Waals surface area contributed by atoms with Crippen LogP contribution in [-0.4, -0.2) is 45.2 Å². The smallest absolute Gasteiger partial charge is 0.241 e. The largest absolute Gasteiger partial charge is 0.493 e. The summed E-state index contributed by atoms with van der Waals surface area (Å²) in [5.41, 5.74) is 1.04. The number of carbonyl (C=O) groups excluding carboxylic acids is 1. The van der Waals surface area contributed by atoms with Gasteiger partial charge in [-0.05, 0) is 25.2 Å². The summed E-state index contributed by atoms with van der Waals surface area (Å²) in [6, 6.07) is 13.6. The quantitative estimate of drug-likeness (QED) is 0.663. The van der Waals surface area contributed by atoms with Crippen molar-refractivity contribution in [2.75, 3.05) is 39.3 Å². The van der Waals surface area contributed by atoms with E-state index in [0.29, 0.717) is 18.0 Å². The molecule has 2 rings (SSSR count). The van der Waals surface area contributed by atoms with Crippen LogP contribution >= 0.6 is 0 Å². The summed E-state index contributed by atoms with van der Waals surface area (Å²) >= 11 is 0. The Morgan fingerprint density at radius 3 is 2.54 bits per heavy atom. The van der Waals surface area contributed by atoms with Gasteiger partial charge >= 0.3 is 0 Å². The highest BCUT2D eigenvalue weighted by molar-refractivity contribution is 5.94. The van der Waals surface area contributed by atoms with Gasteiger partial charge in [0.05, 0.1) is 38.9 Å². The lowest BCUT2D eigenvalue weighted by molar-refractivity contribution is -0.119. The minimum Gasteiger partial charge on any atom is -0.493 e. The molecule has 7 heteroatoms. The lowest BCUT2D eigenvalue weighted by Gasteiger charge is -2.26. The van der Waals surface area contributed by atoms with Crippen LogP contribution in [0.2, 0.25) is 0 Å². The highest BCUT2D eigenvalue weighted by Crippen LogP contribution is 2.31. The number of methoxy groups -OCH3 is 2. The summed E-state index contributed by atoms with van der Waals surface area (Å²) in [6.07, 6.45) is 0.119. The van der Waals surface area contributed by atoms with Gasteiger partial charge in [0.25, 0.3) is 0 Å². The van der Waals surface area contributed by atoms with Crippen LogP contribution in [0.3, 0.4) is 0 Å². The third-order valence-corrected chi connectivity index (χ3v) is 4.22. The van der Waals surface area contributed by atoms with Crippen LogP contribution in [0, 0.1) is 17.1 Å². The second-order valence-corrected chi connectivity index (χ2v) is 6.23. The summed E-state index contributed by atoms with van der Waals surface area (Å²) in [6.45, 7) is 0.627. The summed E-state index contributed by atoms with van der Waals surface area (Å²) in [7, 11) is 4.92. The number of ether oxygens (including phenoxy) is 2. The number of benzene rings is 2. The van der Waals surface area contributed by atoms with Crippen molar-refractivity contribution >= 4 is 11.6 Å². The van der Waals surface area contributed by atoms with Gasteiger partial charge in [-0.1, -0.05) is 24.3 Å². The summed E-state index contributed by atoms with van der Waals surface area (Å²) < 4.78 is 24.9. The minimum atomic E-state index is -0.495. The molecule has 28 heavy (non-hydrogen) atoms. The average molecular weight is 385 g/mol. The van der Waals surface area contributed by atoms with Crippen LogP contribution in [0.1, 0.15) is 12.0 Å². The van der Waals surface area contributed by atoms with Crippen LogP contribution in [0.25, 0.3) is 0 Å². The van der Waals surface area contributed by atoms with E-state index >= 15 is 0 Å². The van der Waals surface area contributed by atoms with Gasteiger partial charge < -0.3 is 14.4 Å². The fourth-order valence-electron chi connectivity index (χ4n) is 2.95. The highest BCUT2D eigenvalue weighted by Gasteiger charge is 2.21. The molecule has 0 radical (unpaired) electrons. The highest BCUT2D eigenvalue weighted by atomic mass is 19.1. The number of amides is 1. The number of nitriles is 1. The number of likely N-dealkylation sites (N-methyl/N-ethyl adjacent to an activating group) is 1. The van der Waals surface area contributed by atoms with Gasteiger partial charge in [0.15, 0.2) is 11.5 Å². The molecule has 0 saturated heterocycles. The first kappa shape index (κ1) is 21.2. The molecule has 6 nitrogen and oxygen atoms in total. The van der Waals surface area contributed by atoms with Gasteiger partial charge in [-0.15, -0.1) is 0 Å². The zero-order chi connectivity index (χ0) is 20.5. The fourth-order valence-corrected chi connectivity index (χ4v) is 2.95. The number of halogens is 1. The normalized spacial score (nSPS) is 10.4. The Labute approximate surface area is 164 Å². The zero-order valence-electron chi connectivity index (χ0n) is 16.3. The molecule has 0 N–H and O–H groups in total. The molecule has 0 spiro atoms. The molecule has 0 saturated carbocycles. The van der Waals surface area contributed by atoms with E-state index in [0.717, 1.165) is 5.56 Å². The van der Waals surface area contributed by atoms with Crippen molar-refractivity contribution in [3.63, 3.8) is 0 Å². The Hall–Kier alpha value is -3.11. The summed E-state index contributed by atoms with van der Waals surface area (Å²) in [5, 5.41) is 8.88. The lowest BCUT2D eigenvalue weighted by atomic mass is 10.1. The summed E-state index contributed by atoms with van der Waals surface area (Å²) in [4.78, 5) is 16.0. The zero-order valence-corrected chi connectivity index (χ0v) is 16.3. The fraction of sp³-hybridized carbons (Fsp3) is 0.333. The third-order valence-electron chi connectivity index (χ3n) is 4.22. The molecule has 148 valence electrons. The SMILES string of the molecule is COc1cccc(CN(C)CC(=O)N(CCC#N)c2ccccc2F)c1OC. The number of rotatable bonds is 9. The number of hydrogen-bond acceptors (Lipinski definition) is 5. The van der Waals surface area contributed by atoms with Gasteiger partial charge in [-0.3, -0.25) is 9.69 Å². The van der Waals surface area contributed by atoms with Crippen LogP contribution in [-0.2, 0) is 11.3 Å². The van der Waals surface area contributed by atoms with Gasteiger partial charge in [-0.2, -0.15) is 5.26 Å². The van der Waals surface area contributed by atoms with Crippen molar-refractivity contribution in [2.24, 2.45) is 0 Å². The molecular weight excluding hydrogens is 361 g/mol. The predicted molar refractivity (Wildman–Crippen MR) is 105 cm³/mol. The molecule has 1 amide bonds. The Kier molecular flexibility index (Phi) is 7.78. The van der Waals surface area contributed by atoms with Crippen molar-refractivity contribution < 1.29 is 18.7 Å². The first-order valence-electron chi connectivity index (χ1n) is 8.82. The van der Waals surface area contributed by atoms with E-state index in [1.54, 1.807) is 44.4 Å². The second-order valence-electron chi connectivity index (χ2n) is 6.23. The molecule has 0 heterocycles. The van der Waals surface area contributed by atoms with Crippen LogP contribution in [0.5, 0.6) is 11.5 Å². The first-order chi connectivity index (χ1) is 13.5. The maximum atomic E-state index is 14.2. The molecule has 0 fully saturated rings. The number of hydrogen-bond donors (Lipinski definition) is 0. The van der Waals surface area contributed by atoms with E-state index in [1.165, 1.54) is 17.0 Å². The molecular formula is C21H24FN3O3. The van der Waals surface area contributed by atoms with Crippen LogP contribution in [0.4, 0.5) is 10.1 Å². The molecule has 0 atom stereocenters. The molecule has 0 aliphatic heterocycles. The standard InChI is InChI=1S/C21H24FN3O3/c1-24(14-16-8-6-11-19(27-2)21(16)28-3)15-20(26)25(13-7-12-23)18-10-5-4-9-17(18)22/h4-6,8-11H,7,13-15H2,1-3H3. The van der Waals surface area contributed by atoms with Crippen LogP contribution in [0.15, 0.2) is 42.5 Å². The lowest BCUT2D eigenvalue weighted by Crippen LogP contribution is -2.40. The van der Waals surface area contributed by atoms with Crippen molar-refractivity contribution in [1.82, 2.24) is 4.90 Å². The summed E-state index contributed by atoms with van der Waals surface area (Å²) in [5.74, 6) is 0.442. The number of carbonyl (C=O) groups is 1. The molecule has 2 aromatic rings. The monoisotopic (exact) mass is 385 g/mol. The van der Waals surface area contributed by atoms with Crippen molar-refractivity contribution in [1.29, 1.82) is 5.26 Å². The van der Waals surface area contributed by atoms with E-state index in [2.05, 4.69) is 0 Å². The van der Waals surface area contributed by atoms with E-state index in [1.807, 2.05) is 18.2 Å². The minimum absolute atomic E-state index is 0.0557. The van der Waals surface area contributed by atoms with E-state index in [-0.39, 0.29) is 31.1 Å². The maximum absolute atomic E-state index is 14.2.